The Morgan fingerprint density at radius 1 is 1.31 bits per heavy atom. The zero-order chi connectivity index (χ0) is 11.5. The van der Waals surface area contributed by atoms with E-state index in [0.29, 0.717) is 16.5 Å². The first-order valence-electron chi connectivity index (χ1n) is 4.46. The topological polar surface area (TPSA) is 67.9 Å². The molecule has 2 rings (SSSR count). The molecular weight excluding hydrogens is 230 g/mol. The van der Waals surface area contributed by atoms with Gasteiger partial charge < -0.3 is 9.72 Å². The molecule has 0 spiro atoms. The highest BCUT2D eigenvalue weighted by Crippen LogP contribution is 2.14. The van der Waals surface area contributed by atoms with Gasteiger partial charge in [0.15, 0.2) is 0 Å². The Morgan fingerprint density at radius 3 is 2.69 bits per heavy atom. The second-order valence-electron chi connectivity index (χ2n) is 3.00. The average Bonchev–Trinajstić information content (AvgIpc) is 2.30. The van der Waals surface area contributed by atoms with Crippen molar-refractivity contribution in [2.45, 2.75) is 0 Å². The summed E-state index contributed by atoms with van der Waals surface area (Å²) in [4.78, 5) is 22.0. The van der Waals surface area contributed by atoms with Crippen LogP contribution in [0.4, 0.5) is 0 Å². The first kappa shape index (κ1) is 10.6. The minimum Gasteiger partial charge on any atom is -0.490 e. The summed E-state index contributed by atoms with van der Waals surface area (Å²) in [6.07, 6.45) is 2.90. The summed E-state index contributed by atoms with van der Waals surface area (Å²) in [6.45, 7) is 0. The lowest BCUT2D eigenvalue weighted by molar-refractivity contribution is 0.406. The number of rotatable bonds is 2. The lowest BCUT2D eigenvalue weighted by atomic mass is 10.3. The van der Waals surface area contributed by atoms with E-state index in [9.17, 15) is 4.79 Å². The molecule has 0 aliphatic rings. The molecular formula is C10H8ClN3O2. The zero-order valence-corrected chi connectivity index (χ0v) is 9.15. The van der Waals surface area contributed by atoms with Crippen molar-refractivity contribution in [3.63, 3.8) is 0 Å². The minimum absolute atomic E-state index is 0.172. The first-order chi connectivity index (χ1) is 7.70. The quantitative estimate of drug-likeness (QED) is 0.804. The standard InChI is InChI=1S/C10H8ClN3O2/c1-16-7-5-13-9(14-10(7)15)6-2-3-8(11)12-4-6/h2-5H,1H3,(H,13,14,15). The van der Waals surface area contributed by atoms with E-state index in [2.05, 4.69) is 15.0 Å². The number of aromatic nitrogens is 3. The Hall–Kier alpha value is -1.88. The van der Waals surface area contributed by atoms with Gasteiger partial charge in [-0.05, 0) is 12.1 Å². The number of hydrogen-bond acceptors (Lipinski definition) is 4. The summed E-state index contributed by atoms with van der Waals surface area (Å²) >= 11 is 5.65. The van der Waals surface area contributed by atoms with Crippen LogP contribution in [0.15, 0.2) is 29.3 Å². The number of ether oxygens (including phenoxy) is 1. The van der Waals surface area contributed by atoms with Gasteiger partial charge in [-0.1, -0.05) is 11.6 Å². The maximum absolute atomic E-state index is 11.4. The van der Waals surface area contributed by atoms with Crippen LogP contribution in [-0.4, -0.2) is 22.1 Å². The van der Waals surface area contributed by atoms with E-state index < -0.39 is 0 Å². The van der Waals surface area contributed by atoms with Crippen molar-refractivity contribution in [3.8, 4) is 17.1 Å². The molecule has 0 unspecified atom stereocenters. The molecule has 0 aliphatic carbocycles. The molecule has 5 nitrogen and oxygen atoms in total. The van der Waals surface area contributed by atoms with Gasteiger partial charge in [-0.3, -0.25) is 4.79 Å². The third-order valence-electron chi connectivity index (χ3n) is 1.99. The van der Waals surface area contributed by atoms with E-state index in [1.807, 2.05) is 0 Å². The number of H-pyrrole nitrogens is 1. The fraction of sp³-hybridized carbons (Fsp3) is 0.100. The maximum atomic E-state index is 11.4. The molecule has 0 radical (unpaired) electrons. The Balaban J connectivity index is 2.45. The van der Waals surface area contributed by atoms with Gasteiger partial charge in [0.2, 0.25) is 5.75 Å². The second kappa shape index (κ2) is 4.32. The molecule has 0 amide bonds. The summed E-state index contributed by atoms with van der Waals surface area (Å²) in [7, 11) is 1.41. The highest BCUT2D eigenvalue weighted by Gasteiger charge is 2.04. The number of halogens is 1. The lowest BCUT2D eigenvalue weighted by Crippen LogP contribution is -2.11. The van der Waals surface area contributed by atoms with Crippen LogP contribution in [0, 0.1) is 0 Å². The van der Waals surface area contributed by atoms with Crippen LogP contribution < -0.4 is 10.3 Å². The molecule has 2 aromatic rings. The normalized spacial score (nSPS) is 10.1. The number of methoxy groups -OCH3 is 1. The Kier molecular flexibility index (Phi) is 2.87. The summed E-state index contributed by atoms with van der Waals surface area (Å²) in [5.74, 6) is 0.598. The van der Waals surface area contributed by atoms with E-state index in [1.165, 1.54) is 19.5 Å². The zero-order valence-electron chi connectivity index (χ0n) is 8.40. The van der Waals surface area contributed by atoms with Gasteiger partial charge in [-0.2, -0.15) is 0 Å². The Bertz CT molecular complexity index is 551. The highest BCUT2D eigenvalue weighted by molar-refractivity contribution is 6.29. The van der Waals surface area contributed by atoms with Gasteiger partial charge in [0.05, 0.1) is 13.3 Å². The van der Waals surface area contributed by atoms with Crippen molar-refractivity contribution >= 4 is 11.6 Å². The molecule has 0 fully saturated rings. The first-order valence-corrected chi connectivity index (χ1v) is 4.84. The Labute approximate surface area is 96.1 Å². The molecule has 82 valence electrons. The van der Waals surface area contributed by atoms with Gasteiger partial charge in [0.25, 0.3) is 5.56 Å². The Morgan fingerprint density at radius 2 is 2.12 bits per heavy atom. The minimum atomic E-state index is -0.331. The molecule has 0 bridgehead atoms. The average molecular weight is 238 g/mol. The van der Waals surface area contributed by atoms with Crippen molar-refractivity contribution in [2.75, 3.05) is 7.11 Å². The van der Waals surface area contributed by atoms with E-state index in [-0.39, 0.29) is 11.3 Å². The summed E-state index contributed by atoms with van der Waals surface area (Å²) in [5, 5.41) is 0.389. The van der Waals surface area contributed by atoms with Gasteiger partial charge in [-0.25, -0.2) is 9.97 Å². The summed E-state index contributed by atoms with van der Waals surface area (Å²) in [6, 6.07) is 3.35. The number of nitrogens with one attached hydrogen (secondary N) is 1. The van der Waals surface area contributed by atoms with E-state index in [1.54, 1.807) is 12.1 Å². The van der Waals surface area contributed by atoms with Crippen molar-refractivity contribution in [3.05, 3.63) is 40.0 Å². The van der Waals surface area contributed by atoms with Crippen molar-refractivity contribution in [1.29, 1.82) is 0 Å². The van der Waals surface area contributed by atoms with E-state index in [0.717, 1.165) is 0 Å². The fourth-order valence-corrected chi connectivity index (χ4v) is 1.30. The molecule has 6 heteroatoms. The third kappa shape index (κ3) is 2.04. The van der Waals surface area contributed by atoms with Crippen LogP contribution in [0.5, 0.6) is 5.75 Å². The van der Waals surface area contributed by atoms with Gasteiger partial charge in [0.1, 0.15) is 11.0 Å². The number of pyridine rings is 1. The van der Waals surface area contributed by atoms with Crippen molar-refractivity contribution in [2.24, 2.45) is 0 Å². The molecule has 16 heavy (non-hydrogen) atoms. The summed E-state index contributed by atoms with van der Waals surface area (Å²) in [5.41, 5.74) is 0.353. The SMILES string of the molecule is COc1cnc(-c2ccc(Cl)nc2)[nH]c1=O. The van der Waals surface area contributed by atoms with Crippen molar-refractivity contribution in [1.82, 2.24) is 15.0 Å². The molecule has 1 N–H and O–H groups in total. The third-order valence-corrected chi connectivity index (χ3v) is 2.21. The van der Waals surface area contributed by atoms with Crippen LogP contribution in [0.2, 0.25) is 5.15 Å². The number of nitrogens with zero attached hydrogens (tertiary/aromatic N) is 2. The monoisotopic (exact) mass is 237 g/mol. The van der Waals surface area contributed by atoms with Gasteiger partial charge in [0, 0.05) is 11.8 Å². The molecule has 0 aromatic carbocycles. The van der Waals surface area contributed by atoms with Crippen LogP contribution in [0.3, 0.4) is 0 Å². The number of hydrogen-bond donors (Lipinski definition) is 1. The smallest absolute Gasteiger partial charge is 0.293 e. The highest BCUT2D eigenvalue weighted by atomic mass is 35.5. The molecule has 0 aliphatic heterocycles. The van der Waals surface area contributed by atoms with Crippen LogP contribution in [0.25, 0.3) is 11.4 Å². The molecule has 2 heterocycles. The van der Waals surface area contributed by atoms with Crippen molar-refractivity contribution < 1.29 is 4.74 Å². The largest absolute Gasteiger partial charge is 0.490 e. The predicted octanol–water partition coefficient (Wildman–Crippen LogP) is 1.49. The molecule has 0 saturated heterocycles. The predicted molar refractivity (Wildman–Crippen MR) is 59.7 cm³/mol. The number of aromatic amines is 1. The van der Waals surface area contributed by atoms with Gasteiger partial charge in [-0.15, -0.1) is 0 Å². The van der Waals surface area contributed by atoms with Crippen LogP contribution in [-0.2, 0) is 0 Å². The fourth-order valence-electron chi connectivity index (χ4n) is 1.19. The second-order valence-corrected chi connectivity index (χ2v) is 3.39. The summed E-state index contributed by atoms with van der Waals surface area (Å²) < 4.78 is 4.81. The molecule has 0 saturated carbocycles. The van der Waals surface area contributed by atoms with Crippen LogP contribution in [0.1, 0.15) is 0 Å². The lowest BCUT2D eigenvalue weighted by Gasteiger charge is -2.01. The van der Waals surface area contributed by atoms with E-state index in [4.69, 9.17) is 16.3 Å². The molecule has 0 atom stereocenters. The van der Waals surface area contributed by atoms with Crippen LogP contribution >= 0.6 is 11.6 Å². The maximum Gasteiger partial charge on any atom is 0.293 e. The van der Waals surface area contributed by atoms with E-state index >= 15 is 0 Å². The molecule has 2 aromatic heterocycles. The van der Waals surface area contributed by atoms with Gasteiger partial charge >= 0.3 is 0 Å².